The molecule has 1 fully saturated rings. The van der Waals surface area contributed by atoms with Crippen molar-refractivity contribution in [3.8, 4) is 0 Å². The van der Waals surface area contributed by atoms with Gasteiger partial charge in [0, 0.05) is 31.6 Å². The number of likely N-dealkylation sites (tertiary alicyclic amines) is 1. The van der Waals surface area contributed by atoms with Crippen LogP contribution in [0.3, 0.4) is 0 Å². The summed E-state index contributed by atoms with van der Waals surface area (Å²) in [5.74, 6) is -1.59. The molecule has 0 spiro atoms. The summed E-state index contributed by atoms with van der Waals surface area (Å²) >= 11 is 0. The molecule has 1 saturated heterocycles. The van der Waals surface area contributed by atoms with E-state index in [1.807, 2.05) is 0 Å². The maximum Gasteiger partial charge on any atom is 0.410 e. The van der Waals surface area contributed by atoms with Crippen LogP contribution < -0.4 is 5.32 Å². The van der Waals surface area contributed by atoms with Gasteiger partial charge in [0.2, 0.25) is 0 Å². The van der Waals surface area contributed by atoms with Crippen LogP contribution in [0.1, 0.15) is 45.3 Å². The van der Waals surface area contributed by atoms with Crippen LogP contribution >= 0.6 is 0 Å². The Balaban J connectivity index is 2.14. The molecule has 30 heavy (non-hydrogen) atoms. The van der Waals surface area contributed by atoms with Crippen LogP contribution in [0.25, 0.3) is 0 Å². The molecule has 1 unspecified atom stereocenters. The van der Waals surface area contributed by atoms with E-state index in [9.17, 15) is 18.4 Å². The van der Waals surface area contributed by atoms with Gasteiger partial charge in [-0.15, -0.1) is 0 Å². The van der Waals surface area contributed by atoms with Crippen LogP contribution in [0, 0.1) is 17.6 Å². The van der Waals surface area contributed by atoms with Crippen molar-refractivity contribution in [2.45, 2.75) is 45.3 Å². The van der Waals surface area contributed by atoms with Gasteiger partial charge >= 0.3 is 12.2 Å². The molecule has 0 aromatic heterocycles. The Morgan fingerprint density at radius 2 is 1.90 bits per heavy atom. The summed E-state index contributed by atoms with van der Waals surface area (Å²) < 4.78 is 43.5. The zero-order chi connectivity index (χ0) is 22.3. The molecule has 1 aliphatic heterocycles. The Hall–Kier alpha value is -2.42. The van der Waals surface area contributed by atoms with Crippen molar-refractivity contribution < 1.29 is 32.6 Å². The highest BCUT2D eigenvalue weighted by Gasteiger charge is 2.33. The molecular formula is C21H30F2N2O5. The fourth-order valence-corrected chi connectivity index (χ4v) is 3.40. The van der Waals surface area contributed by atoms with E-state index in [0.29, 0.717) is 31.5 Å². The highest BCUT2D eigenvalue weighted by molar-refractivity contribution is 5.68. The van der Waals surface area contributed by atoms with Crippen molar-refractivity contribution in [2.75, 3.05) is 33.4 Å². The van der Waals surface area contributed by atoms with Crippen molar-refractivity contribution in [3.05, 3.63) is 35.4 Å². The van der Waals surface area contributed by atoms with Crippen LogP contribution in [0.5, 0.6) is 0 Å². The standard InChI is InChI=1S/C21H30F2N2O5/c1-21(2,3)30-20(27)25-8-5-6-14(13-25)18(29-9-7-24-19(26)28-4)15-10-16(22)12-17(23)11-15/h10-12,14,18H,5-9,13H2,1-4H3,(H,24,26)/t14?,18-/m1/s1. The van der Waals surface area contributed by atoms with Crippen LogP contribution in [-0.2, 0) is 14.2 Å². The minimum atomic E-state index is -0.703. The molecule has 0 aliphatic carbocycles. The molecule has 0 saturated carbocycles. The average molecular weight is 428 g/mol. The smallest absolute Gasteiger partial charge is 0.410 e. The van der Waals surface area contributed by atoms with Crippen molar-refractivity contribution in [2.24, 2.45) is 5.92 Å². The quantitative estimate of drug-likeness (QED) is 0.693. The summed E-state index contributed by atoms with van der Waals surface area (Å²) in [6, 6.07) is 3.26. The van der Waals surface area contributed by atoms with Gasteiger partial charge in [-0.05, 0) is 51.3 Å². The molecule has 2 atom stereocenters. The summed E-state index contributed by atoms with van der Waals surface area (Å²) in [7, 11) is 1.25. The lowest BCUT2D eigenvalue weighted by atomic mass is 9.88. The van der Waals surface area contributed by atoms with E-state index in [0.717, 1.165) is 6.07 Å². The molecular weight excluding hydrogens is 398 g/mol. The van der Waals surface area contributed by atoms with E-state index in [1.54, 1.807) is 25.7 Å². The number of halogens is 2. The van der Waals surface area contributed by atoms with Gasteiger partial charge in [-0.3, -0.25) is 0 Å². The van der Waals surface area contributed by atoms with E-state index in [1.165, 1.54) is 19.2 Å². The summed E-state index contributed by atoms with van der Waals surface area (Å²) in [6.07, 6.45) is -0.251. The van der Waals surface area contributed by atoms with Crippen LogP contribution in [-0.4, -0.2) is 56.0 Å². The monoisotopic (exact) mass is 428 g/mol. The fraction of sp³-hybridized carbons (Fsp3) is 0.619. The Labute approximate surface area is 175 Å². The van der Waals surface area contributed by atoms with E-state index in [-0.39, 0.29) is 19.1 Å². The summed E-state index contributed by atoms with van der Waals surface area (Å²) in [6.45, 7) is 6.54. The third-order valence-corrected chi connectivity index (χ3v) is 4.61. The third-order valence-electron chi connectivity index (χ3n) is 4.61. The Morgan fingerprint density at radius 3 is 2.50 bits per heavy atom. The molecule has 2 rings (SSSR count). The number of hydrogen-bond acceptors (Lipinski definition) is 5. The number of amides is 2. The molecule has 0 bridgehead atoms. The number of nitrogens with one attached hydrogen (secondary N) is 1. The van der Waals surface area contributed by atoms with Gasteiger partial charge in [0.15, 0.2) is 0 Å². The number of carbonyl (C=O) groups is 2. The molecule has 7 nitrogen and oxygen atoms in total. The van der Waals surface area contributed by atoms with Crippen molar-refractivity contribution in [1.29, 1.82) is 0 Å². The summed E-state index contributed by atoms with van der Waals surface area (Å²) in [5.41, 5.74) is -0.271. The lowest BCUT2D eigenvalue weighted by Gasteiger charge is -2.37. The zero-order valence-electron chi connectivity index (χ0n) is 17.9. The lowest BCUT2D eigenvalue weighted by Crippen LogP contribution is -2.44. The van der Waals surface area contributed by atoms with Gasteiger partial charge in [-0.25, -0.2) is 18.4 Å². The Morgan fingerprint density at radius 1 is 1.23 bits per heavy atom. The summed E-state index contributed by atoms with van der Waals surface area (Å²) in [5, 5.41) is 2.50. The maximum atomic E-state index is 13.8. The number of benzene rings is 1. The number of hydrogen-bond donors (Lipinski definition) is 1. The number of rotatable bonds is 6. The van der Waals surface area contributed by atoms with E-state index in [4.69, 9.17) is 9.47 Å². The minimum absolute atomic E-state index is 0.112. The van der Waals surface area contributed by atoms with Gasteiger partial charge in [-0.2, -0.15) is 0 Å². The van der Waals surface area contributed by atoms with E-state index >= 15 is 0 Å². The van der Waals surface area contributed by atoms with Crippen molar-refractivity contribution in [1.82, 2.24) is 10.2 Å². The molecule has 9 heteroatoms. The maximum absolute atomic E-state index is 13.8. The first-order valence-electron chi connectivity index (χ1n) is 9.96. The molecule has 1 aromatic carbocycles. The van der Waals surface area contributed by atoms with Crippen LogP contribution in [0.2, 0.25) is 0 Å². The normalized spacial score (nSPS) is 17.9. The first-order chi connectivity index (χ1) is 14.1. The van der Waals surface area contributed by atoms with Gasteiger partial charge in [0.1, 0.15) is 17.2 Å². The van der Waals surface area contributed by atoms with Gasteiger partial charge in [-0.1, -0.05) is 0 Å². The zero-order valence-corrected chi connectivity index (χ0v) is 17.9. The third kappa shape index (κ3) is 7.44. The molecule has 1 aromatic rings. The highest BCUT2D eigenvalue weighted by Crippen LogP contribution is 2.34. The second-order valence-electron chi connectivity index (χ2n) is 8.24. The number of carbonyl (C=O) groups excluding carboxylic acids is 2. The topological polar surface area (TPSA) is 77.1 Å². The Bertz CT molecular complexity index is 718. The molecule has 168 valence electrons. The molecule has 1 aliphatic rings. The van der Waals surface area contributed by atoms with Gasteiger partial charge < -0.3 is 24.4 Å². The second-order valence-corrected chi connectivity index (χ2v) is 8.24. The molecule has 1 N–H and O–H groups in total. The number of methoxy groups -OCH3 is 1. The first kappa shape index (κ1) is 23.9. The second kappa shape index (κ2) is 10.6. The van der Waals surface area contributed by atoms with Crippen molar-refractivity contribution in [3.63, 3.8) is 0 Å². The van der Waals surface area contributed by atoms with Gasteiger partial charge in [0.25, 0.3) is 0 Å². The van der Waals surface area contributed by atoms with Gasteiger partial charge in [0.05, 0.1) is 19.8 Å². The number of ether oxygens (including phenoxy) is 3. The van der Waals surface area contributed by atoms with Crippen LogP contribution in [0.15, 0.2) is 18.2 Å². The SMILES string of the molecule is COC(=O)NCCO[C@@H](c1cc(F)cc(F)c1)C1CCCN(C(=O)OC(C)(C)C)C1. The van der Waals surface area contributed by atoms with E-state index in [2.05, 4.69) is 10.1 Å². The summed E-state index contributed by atoms with van der Waals surface area (Å²) in [4.78, 5) is 25.3. The molecule has 0 radical (unpaired) electrons. The van der Waals surface area contributed by atoms with Crippen molar-refractivity contribution >= 4 is 12.2 Å². The largest absolute Gasteiger partial charge is 0.453 e. The molecule has 2 amide bonds. The Kier molecular flexibility index (Phi) is 8.40. The minimum Gasteiger partial charge on any atom is -0.453 e. The number of piperidine rings is 1. The highest BCUT2D eigenvalue weighted by atomic mass is 19.1. The predicted octanol–water partition coefficient (Wildman–Crippen LogP) is 4.03. The fourth-order valence-electron chi connectivity index (χ4n) is 3.40. The van der Waals surface area contributed by atoms with E-state index < -0.39 is 35.5 Å². The number of alkyl carbamates (subject to hydrolysis) is 1. The first-order valence-corrected chi connectivity index (χ1v) is 9.96. The molecule has 1 heterocycles. The predicted molar refractivity (Wildman–Crippen MR) is 106 cm³/mol. The van der Waals surface area contributed by atoms with Crippen LogP contribution in [0.4, 0.5) is 18.4 Å². The average Bonchev–Trinajstić information content (AvgIpc) is 2.65. The lowest BCUT2D eigenvalue weighted by molar-refractivity contribution is -0.0248. The number of nitrogens with zero attached hydrogens (tertiary/aromatic N) is 1.